The highest BCUT2D eigenvalue weighted by molar-refractivity contribution is 6.05. The first-order valence-electron chi connectivity index (χ1n) is 10.1. The third-order valence-corrected chi connectivity index (χ3v) is 6.33. The minimum atomic E-state index is -0.257. The van der Waals surface area contributed by atoms with E-state index >= 15 is 0 Å². The van der Waals surface area contributed by atoms with Crippen molar-refractivity contribution in [2.45, 2.75) is 38.1 Å². The van der Waals surface area contributed by atoms with Gasteiger partial charge in [0.1, 0.15) is 5.82 Å². The highest BCUT2D eigenvalue weighted by Crippen LogP contribution is 2.36. The van der Waals surface area contributed by atoms with E-state index in [-0.39, 0.29) is 23.8 Å². The summed E-state index contributed by atoms with van der Waals surface area (Å²) in [4.78, 5) is 31.6. The van der Waals surface area contributed by atoms with Gasteiger partial charge in [0.15, 0.2) is 0 Å². The van der Waals surface area contributed by atoms with Crippen LogP contribution in [0.4, 0.5) is 5.82 Å². The zero-order chi connectivity index (χ0) is 20.0. The third-order valence-electron chi connectivity index (χ3n) is 6.33. The van der Waals surface area contributed by atoms with E-state index in [1.807, 2.05) is 4.90 Å². The zero-order valence-electron chi connectivity index (χ0n) is 16.4. The van der Waals surface area contributed by atoms with Crippen molar-refractivity contribution in [3.8, 4) is 0 Å². The van der Waals surface area contributed by atoms with Crippen molar-refractivity contribution in [1.82, 2.24) is 9.88 Å². The molecule has 3 heterocycles. The van der Waals surface area contributed by atoms with Crippen LogP contribution in [0.5, 0.6) is 0 Å². The number of fused-ring (bicyclic) bond motifs is 2. The van der Waals surface area contributed by atoms with E-state index < -0.39 is 0 Å². The molecule has 1 unspecified atom stereocenters. The molecular formula is C24H23N3O2. The molecule has 1 N–H and O–H groups in total. The standard InChI is InChI=1S/C24H23N3O2/c1-24(15-17-8-4-7-16-6-2-3-9-18(16)17)11-5-13-27(24)23(29)19-10-12-25-22-20(19)14-21(28)26-22/h2-4,6-10,12H,5,11,13-15H2,1H3,(H,25,26,28). The molecular weight excluding hydrogens is 362 g/mol. The van der Waals surface area contributed by atoms with Crippen molar-refractivity contribution in [3.05, 3.63) is 71.4 Å². The quantitative estimate of drug-likeness (QED) is 0.742. The van der Waals surface area contributed by atoms with E-state index in [9.17, 15) is 9.59 Å². The predicted molar refractivity (Wildman–Crippen MR) is 113 cm³/mol. The molecule has 0 aliphatic carbocycles. The second-order valence-corrected chi connectivity index (χ2v) is 8.28. The van der Waals surface area contributed by atoms with Crippen LogP contribution < -0.4 is 5.32 Å². The first-order chi connectivity index (χ1) is 14.0. The van der Waals surface area contributed by atoms with Gasteiger partial charge in [0.05, 0.1) is 6.42 Å². The minimum Gasteiger partial charge on any atom is -0.333 e. The van der Waals surface area contributed by atoms with Gasteiger partial charge in [-0.15, -0.1) is 0 Å². The number of pyridine rings is 1. The van der Waals surface area contributed by atoms with Gasteiger partial charge in [-0.05, 0) is 48.6 Å². The molecule has 5 nitrogen and oxygen atoms in total. The monoisotopic (exact) mass is 385 g/mol. The van der Waals surface area contributed by atoms with Gasteiger partial charge in [0.25, 0.3) is 5.91 Å². The van der Waals surface area contributed by atoms with Crippen LogP contribution in [0, 0.1) is 0 Å². The summed E-state index contributed by atoms with van der Waals surface area (Å²) >= 11 is 0. The highest BCUT2D eigenvalue weighted by atomic mass is 16.2. The Hall–Kier alpha value is -3.21. The Morgan fingerprint density at radius 1 is 1.17 bits per heavy atom. The lowest BCUT2D eigenvalue weighted by molar-refractivity contribution is -0.115. The number of nitrogens with one attached hydrogen (secondary N) is 1. The van der Waals surface area contributed by atoms with E-state index in [1.165, 1.54) is 16.3 Å². The molecule has 2 aromatic carbocycles. The Bertz CT molecular complexity index is 1130. The number of benzene rings is 2. The average molecular weight is 385 g/mol. The number of rotatable bonds is 3. The van der Waals surface area contributed by atoms with Crippen molar-refractivity contribution in [2.24, 2.45) is 0 Å². The molecule has 0 radical (unpaired) electrons. The molecule has 1 saturated heterocycles. The molecule has 5 rings (SSSR count). The largest absolute Gasteiger partial charge is 0.333 e. The fourth-order valence-electron chi connectivity index (χ4n) is 4.87. The summed E-state index contributed by atoms with van der Waals surface area (Å²) in [5, 5.41) is 5.21. The van der Waals surface area contributed by atoms with Crippen LogP contribution in [0.3, 0.4) is 0 Å². The molecule has 0 saturated carbocycles. The van der Waals surface area contributed by atoms with Crippen molar-refractivity contribution >= 4 is 28.4 Å². The Morgan fingerprint density at radius 2 is 2.00 bits per heavy atom. The van der Waals surface area contributed by atoms with Gasteiger partial charge >= 0.3 is 0 Å². The lowest BCUT2D eigenvalue weighted by Crippen LogP contribution is -2.47. The van der Waals surface area contributed by atoms with Gasteiger partial charge in [-0.2, -0.15) is 0 Å². The maximum Gasteiger partial charge on any atom is 0.254 e. The number of likely N-dealkylation sites (tertiary alicyclic amines) is 1. The second-order valence-electron chi connectivity index (χ2n) is 8.28. The molecule has 1 aromatic heterocycles. The number of anilines is 1. The van der Waals surface area contributed by atoms with Crippen LogP contribution in [0.1, 0.15) is 41.3 Å². The van der Waals surface area contributed by atoms with Crippen molar-refractivity contribution in [2.75, 3.05) is 11.9 Å². The summed E-state index contributed by atoms with van der Waals surface area (Å²) in [6.07, 6.45) is 4.59. The van der Waals surface area contributed by atoms with E-state index in [0.29, 0.717) is 11.4 Å². The van der Waals surface area contributed by atoms with Gasteiger partial charge in [0.2, 0.25) is 5.91 Å². The van der Waals surface area contributed by atoms with Crippen LogP contribution in [0.2, 0.25) is 0 Å². The fraction of sp³-hybridized carbons (Fsp3) is 0.292. The number of nitrogens with zero attached hydrogens (tertiary/aromatic N) is 2. The van der Waals surface area contributed by atoms with Crippen LogP contribution >= 0.6 is 0 Å². The van der Waals surface area contributed by atoms with Gasteiger partial charge in [-0.3, -0.25) is 9.59 Å². The number of carbonyl (C=O) groups is 2. The lowest BCUT2D eigenvalue weighted by atomic mass is 9.87. The molecule has 0 spiro atoms. The third kappa shape index (κ3) is 2.97. The van der Waals surface area contributed by atoms with Gasteiger partial charge in [-0.1, -0.05) is 42.5 Å². The highest BCUT2D eigenvalue weighted by Gasteiger charge is 2.41. The van der Waals surface area contributed by atoms with Gasteiger partial charge in [0, 0.05) is 29.4 Å². The minimum absolute atomic E-state index is 0.000358. The number of aromatic nitrogens is 1. The normalized spacial score (nSPS) is 20.7. The molecule has 29 heavy (non-hydrogen) atoms. The summed E-state index contributed by atoms with van der Waals surface area (Å²) < 4.78 is 0. The molecule has 5 heteroatoms. The molecule has 2 amide bonds. The van der Waals surface area contributed by atoms with Crippen LogP contribution in [-0.4, -0.2) is 33.8 Å². The number of hydrogen-bond acceptors (Lipinski definition) is 3. The SMILES string of the molecule is CC1(Cc2cccc3ccccc23)CCCN1C(=O)c1ccnc2c1CC(=O)N2. The summed E-state index contributed by atoms with van der Waals surface area (Å²) in [5.74, 6) is 0.420. The number of hydrogen-bond donors (Lipinski definition) is 1. The maximum atomic E-state index is 13.5. The van der Waals surface area contributed by atoms with E-state index in [2.05, 4.69) is 59.7 Å². The van der Waals surface area contributed by atoms with Crippen LogP contribution in [0.15, 0.2) is 54.7 Å². The molecule has 146 valence electrons. The smallest absolute Gasteiger partial charge is 0.254 e. The second kappa shape index (κ2) is 6.69. The van der Waals surface area contributed by atoms with Gasteiger partial charge in [-0.25, -0.2) is 4.98 Å². The topological polar surface area (TPSA) is 62.3 Å². The predicted octanol–water partition coefficient (Wildman–Crippen LogP) is 3.97. The fourth-order valence-corrected chi connectivity index (χ4v) is 4.87. The Kier molecular flexibility index (Phi) is 4.12. The molecule has 3 aromatic rings. The average Bonchev–Trinajstić information content (AvgIpc) is 3.29. The van der Waals surface area contributed by atoms with Crippen molar-refractivity contribution < 1.29 is 9.59 Å². The molecule has 2 aliphatic rings. The van der Waals surface area contributed by atoms with Crippen molar-refractivity contribution in [3.63, 3.8) is 0 Å². The lowest BCUT2D eigenvalue weighted by Gasteiger charge is -2.36. The summed E-state index contributed by atoms with van der Waals surface area (Å²) in [6.45, 7) is 2.92. The zero-order valence-corrected chi connectivity index (χ0v) is 16.4. The Labute approximate surface area is 169 Å². The summed E-state index contributed by atoms with van der Waals surface area (Å²) in [6, 6.07) is 16.5. The molecule has 2 aliphatic heterocycles. The van der Waals surface area contributed by atoms with Crippen LogP contribution in [0.25, 0.3) is 10.8 Å². The first-order valence-corrected chi connectivity index (χ1v) is 10.1. The van der Waals surface area contributed by atoms with E-state index in [0.717, 1.165) is 31.4 Å². The molecule has 1 atom stereocenters. The first kappa shape index (κ1) is 17.9. The van der Waals surface area contributed by atoms with E-state index in [4.69, 9.17) is 0 Å². The maximum absolute atomic E-state index is 13.5. The number of carbonyl (C=O) groups excluding carboxylic acids is 2. The Balaban J connectivity index is 1.49. The molecule has 1 fully saturated rings. The van der Waals surface area contributed by atoms with Crippen LogP contribution in [-0.2, 0) is 17.6 Å². The molecule has 0 bridgehead atoms. The van der Waals surface area contributed by atoms with Crippen molar-refractivity contribution in [1.29, 1.82) is 0 Å². The summed E-state index contributed by atoms with van der Waals surface area (Å²) in [5.41, 5.74) is 2.33. The van der Waals surface area contributed by atoms with Gasteiger partial charge < -0.3 is 10.2 Å². The number of amides is 2. The Morgan fingerprint density at radius 3 is 2.90 bits per heavy atom. The van der Waals surface area contributed by atoms with E-state index in [1.54, 1.807) is 12.3 Å². The summed E-state index contributed by atoms with van der Waals surface area (Å²) in [7, 11) is 0.